The van der Waals surface area contributed by atoms with E-state index in [0.717, 1.165) is 29.0 Å². The van der Waals surface area contributed by atoms with Crippen LogP contribution in [0.1, 0.15) is 0 Å². The van der Waals surface area contributed by atoms with Crippen LogP contribution in [-0.4, -0.2) is 20.6 Å². The predicted octanol–water partition coefficient (Wildman–Crippen LogP) is 0.397. The van der Waals surface area contributed by atoms with E-state index in [1.807, 2.05) is 0 Å². The zero-order valence-electron chi connectivity index (χ0n) is 8.07. The van der Waals surface area contributed by atoms with Crippen molar-refractivity contribution >= 4 is 11.7 Å². The lowest BCUT2D eigenvalue weighted by Gasteiger charge is -2.00. The van der Waals surface area contributed by atoms with Gasteiger partial charge < -0.3 is 9.67 Å². The summed E-state index contributed by atoms with van der Waals surface area (Å²) in [6.45, 7) is -0.0210. The summed E-state index contributed by atoms with van der Waals surface area (Å²) in [4.78, 5) is 31.2. The topological polar surface area (TPSA) is 102 Å². The summed E-state index contributed by atoms with van der Waals surface area (Å²) in [7, 11) is 0. The summed E-state index contributed by atoms with van der Waals surface area (Å²) in [6, 6.07) is 2.16. The number of carboxylic acid groups (broad SMARTS) is 1. The fourth-order valence-electron chi connectivity index (χ4n) is 1.04. The third kappa shape index (κ3) is 3.05. The molecule has 1 aromatic rings. The zero-order valence-corrected chi connectivity index (χ0v) is 8.07. The van der Waals surface area contributed by atoms with Crippen molar-refractivity contribution in [3.8, 4) is 0 Å². The Morgan fingerprint density at radius 1 is 1.56 bits per heavy atom. The lowest BCUT2D eigenvalue weighted by Crippen LogP contribution is -2.18. The van der Waals surface area contributed by atoms with Crippen LogP contribution in [0.5, 0.6) is 0 Å². The van der Waals surface area contributed by atoms with E-state index >= 15 is 0 Å². The SMILES string of the molecule is O=C(O)/C=C/Cn1cc([N+](=O)[O-])ccc1=O. The van der Waals surface area contributed by atoms with E-state index in [4.69, 9.17) is 5.11 Å². The van der Waals surface area contributed by atoms with Crippen molar-refractivity contribution in [3.05, 3.63) is 50.9 Å². The summed E-state index contributed by atoms with van der Waals surface area (Å²) in [6.07, 6.45) is 3.16. The Bertz CT molecular complexity index is 503. The molecular weight excluding hydrogens is 216 g/mol. The van der Waals surface area contributed by atoms with Gasteiger partial charge in [0.05, 0.1) is 11.1 Å². The molecule has 1 rings (SSSR count). The van der Waals surface area contributed by atoms with Crippen molar-refractivity contribution in [2.24, 2.45) is 0 Å². The smallest absolute Gasteiger partial charge is 0.328 e. The predicted molar refractivity (Wildman–Crippen MR) is 54.1 cm³/mol. The van der Waals surface area contributed by atoms with Crippen molar-refractivity contribution in [1.29, 1.82) is 0 Å². The molecule has 0 spiro atoms. The van der Waals surface area contributed by atoms with E-state index in [-0.39, 0.29) is 12.2 Å². The maximum absolute atomic E-state index is 11.2. The molecule has 0 amide bonds. The largest absolute Gasteiger partial charge is 0.478 e. The molecule has 0 unspecified atom stereocenters. The average Bonchev–Trinajstić information content (AvgIpc) is 2.20. The van der Waals surface area contributed by atoms with E-state index in [1.165, 1.54) is 6.08 Å². The molecule has 0 atom stereocenters. The second kappa shape index (κ2) is 4.87. The van der Waals surface area contributed by atoms with Crippen molar-refractivity contribution in [2.45, 2.75) is 6.54 Å². The van der Waals surface area contributed by atoms with Crippen LogP contribution in [0, 0.1) is 10.1 Å². The molecular formula is C9H8N2O5. The summed E-state index contributed by atoms with van der Waals surface area (Å²) in [5.74, 6) is -1.14. The van der Waals surface area contributed by atoms with Gasteiger partial charge in [0, 0.05) is 24.8 Å². The number of hydrogen-bond donors (Lipinski definition) is 1. The fraction of sp³-hybridized carbons (Fsp3) is 0.111. The molecule has 7 nitrogen and oxygen atoms in total. The number of nitro groups is 1. The molecule has 0 aliphatic carbocycles. The van der Waals surface area contributed by atoms with Gasteiger partial charge >= 0.3 is 5.97 Å². The molecule has 7 heteroatoms. The molecule has 0 aromatic carbocycles. The summed E-state index contributed by atoms with van der Waals surface area (Å²) >= 11 is 0. The maximum Gasteiger partial charge on any atom is 0.328 e. The first-order valence-corrected chi connectivity index (χ1v) is 4.25. The van der Waals surface area contributed by atoms with Crippen LogP contribution < -0.4 is 5.56 Å². The number of rotatable bonds is 4. The minimum absolute atomic E-state index is 0.0210. The van der Waals surface area contributed by atoms with Gasteiger partial charge in [0.1, 0.15) is 0 Å². The van der Waals surface area contributed by atoms with Crippen LogP contribution in [0.2, 0.25) is 0 Å². The van der Waals surface area contributed by atoms with Crippen molar-refractivity contribution in [2.75, 3.05) is 0 Å². The van der Waals surface area contributed by atoms with Gasteiger partial charge in [0.2, 0.25) is 0 Å². The van der Waals surface area contributed by atoms with Gasteiger partial charge in [-0.1, -0.05) is 6.08 Å². The highest BCUT2D eigenvalue weighted by Gasteiger charge is 2.06. The van der Waals surface area contributed by atoms with E-state index in [1.54, 1.807) is 0 Å². The minimum atomic E-state index is -1.14. The monoisotopic (exact) mass is 224 g/mol. The van der Waals surface area contributed by atoms with Crippen molar-refractivity contribution in [3.63, 3.8) is 0 Å². The fourth-order valence-corrected chi connectivity index (χ4v) is 1.04. The van der Waals surface area contributed by atoms with Gasteiger partial charge in [0.25, 0.3) is 11.2 Å². The van der Waals surface area contributed by atoms with Crippen LogP contribution in [0.25, 0.3) is 0 Å². The van der Waals surface area contributed by atoms with Gasteiger partial charge in [-0.2, -0.15) is 0 Å². The first kappa shape index (κ1) is 11.6. The quantitative estimate of drug-likeness (QED) is 0.453. The van der Waals surface area contributed by atoms with E-state index in [2.05, 4.69) is 0 Å². The van der Waals surface area contributed by atoms with E-state index in [0.29, 0.717) is 0 Å². The normalized spacial score (nSPS) is 10.5. The minimum Gasteiger partial charge on any atom is -0.478 e. The second-order valence-electron chi connectivity index (χ2n) is 2.88. The Labute approximate surface area is 89.4 Å². The standard InChI is InChI=1S/C9H8N2O5/c12-8-4-3-7(11(15)16)6-10(8)5-1-2-9(13)14/h1-4,6H,5H2,(H,13,14)/b2-1+. The lowest BCUT2D eigenvalue weighted by molar-refractivity contribution is -0.385. The molecule has 1 heterocycles. The maximum atomic E-state index is 11.2. The van der Waals surface area contributed by atoms with Gasteiger partial charge in [-0.3, -0.25) is 14.9 Å². The molecule has 1 aromatic heterocycles. The van der Waals surface area contributed by atoms with Gasteiger partial charge in [0.15, 0.2) is 0 Å². The molecule has 0 bridgehead atoms. The molecule has 0 aliphatic heterocycles. The van der Waals surface area contributed by atoms with Crippen LogP contribution in [0.15, 0.2) is 35.3 Å². The van der Waals surface area contributed by atoms with Crippen LogP contribution in [0.4, 0.5) is 5.69 Å². The van der Waals surface area contributed by atoms with Gasteiger partial charge in [-0.15, -0.1) is 0 Å². The molecule has 0 saturated heterocycles. The summed E-state index contributed by atoms with van der Waals surface area (Å²) in [5.41, 5.74) is -0.649. The Morgan fingerprint density at radius 2 is 2.25 bits per heavy atom. The summed E-state index contributed by atoms with van der Waals surface area (Å²) in [5, 5.41) is 18.7. The Balaban J connectivity index is 2.95. The second-order valence-corrected chi connectivity index (χ2v) is 2.88. The third-order valence-electron chi connectivity index (χ3n) is 1.74. The molecule has 0 saturated carbocycles. The molecule has 84 valence electrons. The number of carbonyl (C=O) groups is 1. The third-order valence-corrected chi connectivity index (χ3v) is 1.74. The van der Waals surface area contributed by atoms with Gasteiger partial charge in [-0.25, -0.2) is 4.79 Å². The average molecular weight is 224 g/mol. The number of aromatic nitrogens is 1. The zero-order chi connectivity index (χ0) is 12.1. The number of nitrogens with zero attached hydrogens (tertiary/aromatic N) is 2. The number of carboxylic acids is 1. The number of allylic oxidation sites excluding steroid dienone is 1. The Morgan fingerprint density at radius 3 is 2.81 bits per heavy atom. The number of hydrogen-bond acceptors (Lipinski definition) is 4. The van der Waals surface area contributed by atoms with Gasteiger partial charge in [-0.05, 0) is 0 Å². The van der Waals surface area contributed by atoms with E-state index < -0.39 is 16.5 Å². The lowest BCUT2D eigenvalue weighted by atomic mass is 10.4. The van der Waals surface area contributed by atoms with E-state index in [9.17, 15) is 19.7 Å². The molecule has 0 radical (unpaired) electrons. The highest BCUT2D eigenvalue weighted by Crippen LogP contribution is 2.06. The highest BCUT2D eigenvalue weighted by atomic mass is 16.6. The first-order chi connectivity index (χ1) is 7.50. The molecule has 0 aliphatic rings. The van der Waals surface area contributed by atoms with Crippen LogP contribution >= 0.6 is 0 Å². The van der Waals surface area contributed by atoms with Crippen LogP contribution in [0.3, 0.4) is 0 Å². The summed E-state index contributed by atoms with van der Waals surface area (Å²) < 4.78 is 1.05. The number of pyridine rings is 1. The van der Waals surface area contributed by atoms with Crippen molar-refractivity contribution in [1.82, 2.24) is 4.57 Å². The molecule has 1 N–H and O–H groups in total. The highest BCUT2D eigenvalue weighted by molar-refractivity contribution is 5.79. The Kier molecular flexibility index (Phi) is 3.54. The first-order valence-electron chi connectivity index (χ1n) is 4.25. The van der Waals surface area contributed by atoms with Crippen LogP contribution in [-0.2, 0) is 11.3 Å². The number of aliphatic carboxylic acids is 1. The molecule has 16 heavy (non-hydrogen) atoms. The molecule has 0 fully saturated rings. The van der Waals surface area contributed by atoms with Crippen molar-refractivity contribution < 1.29 is 14.8 Å². The Hall–Kier alpha value is -2.44.